The maximum absolute atomic E-state index is 13.5. The van der Waals surface area contributed by atoms with Gasteiger partial charge < -0.3 is 19.9 Å². The minimum atomic E-state index is -0.264. The molecule has 2 N–H and O–H groups in total. The third-order valence-corrected chi connectivity index (χ3v) is 6.49. The highest BCUT2D eigenvalue weighted by Gasteiger charge is 2.26. The quantitative estimate of drug-likeness (QED) is 0.610. The zero-order chi connectivity index (χ0) is 23.7. The zero-order valence-electron chi connectivity index (χ0n) is 19.2. The lowest BCUT2D eigenvalue weighted by Crippen LogP contribution is -2.35. The Balaban J connectivity index is 1.46. The van der Waals surface area contributed by atoms with Crippen molar-refractivity contribution in [3.8, 4) is 0 Å². The van der Waals surface area contributed by atoms with Gasteiger partial charge in [-0.05, 0) is 54.8 Å². The molecule has 8 heteroatoms. The molecule has 0 saturated carbocycles. The minimum absolute atomic E-state index is 0.0419. The average molecular weight is 461 g/mol. The number of H-pyrrole nitrogens is 1. The van der Waals surface area contributed by atoms with Crippen LogP contribution in [0.3, 0.4) is 0 Å². The molecule has 2 fully saturated rings. The van der Waals surface area contributed by atoms with Crippen LogP contribution in [0.1, 0.15) is 34.3 Å². The van der Waals surface area contributed by atoms with E-state index in [1.165, 1.54) is 0 Å². The molecule has 3 aromatic rings. The fourth-order valence-corrected chi connectivity index (χ4v) is 4.72. The summed E-state index contributed by atoms with van der Waals surface area (Å²) in [7, 11) is 0. The van der Waals surface area contributed by atoms with Crippen molar-refractivity contribution in [2.75, 3.05) is 43.1 Å². The average Bonchev–Trinajstić information content (AvgIpc) is 3.25. The summed E-state index contributed by atoms with van der Waals surface area (Å²) in [5.74, 6) is -0.222. The van der Waals surface area contributed by atoms with Gasteiger partial charge in [0.15, 0.2) is 0 Å². The number of carbonyl (C=O) groups excluding carboxylic acids is 2. The highest BCUT2D eigenvalue weighted by atomic mass is 16.5. The van der Waals surface area contributed by atoms with Crippen molar-refractivity contribution < 1.29 is 14.3 Å². The predicted octanol–water partition coefficient (Wildman–Crippen LogP) is 3.05. The SMILES string of the molecule is Cc1cc(=O)[nH]c2ccc(NC(=O)c3cc(CN4CCOCC4)ccc3N3CCCC3=O)cc12. The number of anilines is 2. The predicted molar refractivity (Wildman–Crippen MR) is 131 cm³/mol. The van der Waals surface area contributed by atoms with Crippen LogP contribution in [0.15, 0.2) is 47.3 Å². The molecule has 0 atom stereocenters. The summed E-state index contributed by atoms with van der Waals surface area (Å²) >= 11 is 0. The number of aryl methyl sites for hydroxylation is 1. The molecular weight excluding hydrogens is 432 g/mol. The van der Waals surface area contributed by atoms with E-state index in [2.05, 4.69) is 15.2 Å². The monoisotopic (exact) mass is 460 g/mol. The van der Waals surface area contributed by atoms with Crippen molar-refractivity contribution in [1.29, 1.82) is 0 Å². The molecule has 1 aromatic heterocycles. The lowest BCUT2D eigenvalue weighted by molar-refractivity contribution is -0.117. The van der Waals surface area contributed by atoms with Crippen LogP contribution in [-0.4, -0.2) is 54.5 Å². The van der Waals surface area contributed by atoms with Crippen molar-refractivity contribution in [3.05, 3.63) is 69.5 Å². The van der Waals surface area contributed by atoms with Gasteiger partial charge in [0.05, 0.1) is 24.5 Å². The Morgan fingerprint density at radius 1 is 1.06 bits per heavy atom. The lowest BCUT2D eigenvalue weighted by atomic mass is 10.1. The Labute approximate surface area is 197 Å². The smallest absolute Gasteiger partial charge is 0.257 e. The first-order valence-corrected chi connectivity index (χ1v) is 11.7. The highest BCUT2D eigenvalue weighted by molar-refractivity contribution is 6.11. The van der Waals surface area contributed by atoms with Gasteiger partial charge in [0, 0.05) is 55.3 Å². The molecule has 0 radical (unpaired) electrons. The van der Waals surface area contributed by atoms with Gasteiger partial charge in [0.2, 0.25) is 11.5 Å². The molecule has 176 valence electrons. The summed E-state index contributed by atoms with van der Waals surface area (Å²) in [5.41, 5.74) is 4.19. The number of morpholine rings is 1. The number of rotatable bonds is 5. The topological polar surface area (TPSA) is 94.7 Å². The molecule has 0 aliphatic carbocycles. The zero-order valence-corrected chi connectivity index (χ0v) is 19.2. The van der Waals surface area contributed by atoms with Gasteiger partial charge in [-0.15, -0.1) is 0 Å². The summed E-state index contributed by atoms with van der Waals surface area (Å²) in [5, 5.41) is 3.87. The van der Waals surface area contributed by atoms with Crippen molar-refractivity contribution in [2.45, 2.75) is 26.3 Å². The van der Waals surface area contributed by atoms with Crippen LogP contribution in [0, 0.1) is 6.92 Å². The molecule has 0 spiro atoms. The molecule has 3 heterocycles. The van der Waals surface area contributed by atoms with E-state index in [0.717, 1.165) is 48.1 Å². The van der Waals surface area contributed by atoms with Crippen molar-refractivity contribution in [2.24, 2.45) is 0 Å². The van der Waals surface area contributed by atoms with Crippen LogP contribution in [0.4, 0.5) is 11.4 Å². The van der Waals surface area contributed by atoms with Crippen LogP contribution in [0.2, 0.25) is 0 Å². The number of fused-ring (bicyclic) bond motifs is 1. The molecule has 34 heavy (non-hydrogen) atoms. The maximum Gasteiger partial charge on any atom is 0.257 e. The van der Waals surface area contributed by atoms with E-state index in [1.54, 1.807) is 23.1 Å². The molecule has 8 nitrogen and oxygen atoms in total. The Morgan fingerprint density at radius 3 is 2.65 bits per heavy atom. The number of benzene rings is 2. The number of aromatic amines is 1. The minimum Gasteiger partial charge on any atom is -0.379 e. The molecule has 2 amide bonds. The van der Waals surface area contributed by atoms with E-state index in [9.17, 15) is 14.4 Å². The van der Waals surface area contributed by atoms with E-state index in [4.69, 9.17) is 4.74 Å². The molecule has 5 rings (SSSR count). The van der Waals surface area contributed by atoms with Crippen LogP contribution >= 0.6 is 0 Å². The van der Waals surface area contributed by atoms with Crippen LogP contribution in [0.5, 0.6) is 0 Å². The van der Waals surface area contributed by atoms with Crippen LogP contribution in [0.25, 0.3) is 10.9 Å². The van der Waals surface area contributed by atoms with E-state index >= 15 is 0 Å². The molecule has 2 saturated heterocycles. The standard InChI is InChI=1S/C26H28N4O4/c1-17-13-24(31)28-22-6-5-19(15-20(17)22)27-26(33)21-14-18(16-29-9-11-34-12-10-29)4-7-23(21)30-8-2-3-25(30)32/h4-7,13-15H,2-3,8-12,16H2,1H3,(H,27,33)(H,28,31). The third-order valence-electron chi connectivity index (χ3n) is 6.49. The molecule has 2 aliphatic rings. The number of ether oxygens (including phenoxy) is 1. The van der Waals surface area contributed by atoms with Gasteiger partial charge in [0.1, 0.15) is 0 Å². The van der Waals surface area contributed by atoms with Crippen LogP contribution in [-0.2, 0) is 16.1 Å². The lowest BCUT2D eigenvalue weighted by Gasteiger charge is -2.27. The molecule has 0 unspecified atom stereocenters. The van der Waals surface area contributed by atoms with E-state index in [0.29, 0.717) is 43.1 Å². The Kier molecular flexibility index (Phi) is 6.17. The largest absolute Gasteiger partial charge is 0.379 e. The van der Waals surface area contributed by atoms with Gasteiger partial charge in [-0.2, -0.15) is 0 Å². The first kappa shape index (κ1) is 22.3. The second kappa shape index (κ2) is 9.40. The first-order valence-electron chi connectivity index (χ1n) is 11.7. The summed E-state index contributed by atoms with van der Waals surface area (Å²) in [6.45, 7) is 6.33. The van der Waals surface area contributed by atoms with Gasteiger partial charge in [-0.25, -0.2) is 0 Å². The second-order valence-corrected chi connectivity index (χ2v) is 8.92. The summed E-state index contributed by atoms with van der Waals surface area (Å²) in [6.07, 6.45) is 1.29. The third kappa shape index (κ3) is 4.60. The van der Waals surface area contributed by atoms with Crippen LogP contribution < -0.4 is 15.8 Å². The molecule has 2 aromatic carbocycles. The number of nitrogens with one attached hydrogen (secondary N) is 2. The summed E-state index contributed by atoms with van der Waals surface area (Å²) in [4.78, 5) is 44.5. The number of nitrogens with zero attached hydrogens (tertiary/aromatic N) is 2. The van der Waals surface area contributed by atoms with E-state index in [1.807, 2.05) is 31.2 Å². The summed E-state index contributed by atoms with van der Waals surface area (Å²) in [6, 6.07) is 12.8. The van der Waals surface area contributed by atoms with Gasteiger partial charge in [0.25, 0.3) is 5.91 Å². The fraction of sp³-hybridized carbons (Fsp3) is 0.346. The van der Waals surface area contributed by atoms with Crippen molar-refractivity contribution >= 4 is 34.1 Å². The number of amides is 2. The molecular formula is C26H28N4O4. The highest BCUT2D eigenvalue weighted by Crippen LogP contribution is 2.29. The normalized spacial score (nSPS) is 16.9. The molecule has 2 aliphatic heterocycles. The van der Waals surface area contributed by atoms with Gasteiger partial charge in [-0.3, -0.25) is 19.3 Å². The van der Waals surface area contributed by atoms with Crippen molar-refractivity contribution in [1.82, 2.24) is 9.88 Å². The number of pyridine rings is 1. The first-order chi connectivity index (χ1) is 16.5. The number of hydrogen-bond acceptors (Lipinski definition) is 5. The number of hydrogen-bond donors (Lipinski definition) is 2. The van der Waals surface area contributed by atoms with Gasteiger partial charge in [-0.1, -0.05) is 6.07 Å². The number of carbonyl (C=O) groups is 2. The second-order valence-electron chi connectivity index (χ2n) is 8.92. The maximum atomic E-state index is 13.5. The van der Waals surface area contributed by atoms with E-state index in [-0.39, 0.29) is 17.4 Å². The Hall–Kier alpha value is -3.49. The Bertz CT molecular complexity index is 1310. The Morgan fingerprint density at radius 2 is 1.88 bits per heavy atom. The number of aromatic nitrogens is 1. The summed E-state index contributed by atoms with van der Waals surface area (Å²) < 4.78 is 5.44. The molecule has 0 bridgehead atoms. The van der Waals surface area contributed by atoms with Crippen molar-refractivity contribution in [3.63, 3.8) is 0 Å². The fourth-order valence-electron chi connectivity index (χ4n) is 4.72. The van der Waals surface area contributed by atoms with E-state index < -0.39 is 0 Å². The van der Waals surface area contributed by atoms with Gasteiger partial charge >= 0.3 is 0 Å².